The van der Waals surface area contributed by atoms with E-state index in [1.54, 1.807) is 0 Å². The summed E-state index contributed by atoms with van der Waals surface area (Å²) in [4.78, 5) is 12.4. The van der Waals surface area contributed by atoms with Crippen molar-refractivity contribution in [3.8, 4) is 0 Å². The molecular formula is C18H21ClN2O. The van der Waals surface area contributed by atoms with Gasteiger partial charge in [0, 0.05) is 12.2 Å². The molecule has 0 radical (unpaired) electrons. The van der Waals surface area contributed by atoms with Crippen molar-refractivity contribution in [2.75, 3.05) is 5.32 Å². The minimum atomic E-state index is -0.161. The van der Waals surface area contributed by atoms with Gasteiger partial charge in [0.15, 0.2) is 0 Å². The van der Waals surface area contributed by atoms with Crippen molar-refractivity contribution in [2.24, 2.45) is 0 Å². The molecular weight excluding hydrogens is 296 g/mol. The largest absolute Gasteiger partial charge is 0.325 e. The Balaban J connectivity index is 0.00000176. The maximum absolute atomic E-state index is 12.4. The predicted molar refractivity (Wildman–Crippen MR) is 92.5 cm³/mol. The van der Waals surface area contributed by atoms with E-state index in [9.17, 15) is 4.79 Å². The first-order chi connectivity index (χ1) is 10.3. The maximum Gasteiger partial charge on any atom is 0.241 e. The summed E-state index contributed by atoms with van der Waals surface area (Å²) in [6.45, 7) is 2.88. The van der Waals surface area contributed by atoms with Gasteiger partial charge in [-0.1, -0.05) is 43.3 Å². The van der Waals surface area contributed by atoms with E-state index in [2.05, 4.69) is 41.8 Å². The SMILES string of the molecule is CCc1ccc(NC(=O)C2Cc3ccccc3CN2)cc1.Cl. The van der Waals surface area contributed by atoms with E-state index in [4.69, 9.17) is 0 Å². The highest BCUT2D eigenvalue weighted by atomic mass is 35.5. The minimum Gasteiger partial charge on any atom is -0.325 e. The minimum absolute atomic E-state index is 0. The van der Waals surface area contributed by atoms with Crippen LogP contribution in [0.1, 0.15) is 23.6 Å². The molecule has 3 nitrogen and oxygen atoms in total. The molecule has 1 amide bonds. The number of hydrogen-bond acceptors (Lipinski definition) is 2. The summed E-state index contributed by atoms with van der Waals surface area (Å²) >= 11 is 0. The van der Waals surface area contributed by atoms with Crippen molar-refractivity contribution in [1.29, 1.82) is 0 Å². The van der Waals surface area contributed by atoms with Gasteiger partial charge >= 0.3 is 0 Å². The van der Waals surface area contributed by atoms with Gasteiger partial charge in [-0.3, -0.25) is 4.79 Å². The molecule has 0 saturated heterocycles. The van der Waals surface area contributed by atoms with Crippen LogP contribution >= 0.6 is 12.4 Å². The molecule has 116 valence electrons. The quantitative estimate of drug-likeness (QED) is 0.912. The maximum atomic E-state index is 12.4. The number of amides is 1. The summed E-state index contributed by atoms with van der Waals surface area (Å²) in [5.74, 6) is 0.0359. The number of carbonyl (C=O) groups is 1. The Bertz CT molecular complexity index is 640. The van der Waals surface area contributed by atoms with Gasteiger partial charge < -0.3 is 10.6 Å². The molecule has 2 aromatic rings. The summed E-state index contributed by atoms with van der Waals surface area (Å²) < 4.78 is 0. The van der Waals surface area contributed by atoms with Crippen LogP contribution < -0.4 is 10.6 Å². The first-order valence-electron chi connectivity index (χ1n) is 7.46. The smallest absolute Gasteiger partial charge is 0.241 e. The van der Waals surface area contributed by atoms with Crippen LogP contribution in [0.25, 0.3) is 0 Å². The average Bonchev–Trinajstić information content (AvgIpc) is 2.55. The zero-order chi connectivity index (χ0) is 14.7. The van der Waals surface area contributed by atoms with Crippen LogP contribution in [-0.2, 0) is 24.2 Å². The van der Waals surface area contributed by atoms with Crippen molar-refractivity contribution in [2.45, 2.75) is 32.4 Å². The number of fused-ring (bicyclic) bond motifs is 1. The van der Waals surface area contributed by atoms with Crippen molar-refractivity contribution < 1.29 is 4.79 Å². The number of carbonyl (C=O) groups excluding carboxylic acids is 1. The highest BCUT2D eigenvalue weighted by molar-refractivity contribution is 5.95. The van der Waals surface area contributed by atoms with Gasteiger partial charge in [-0.2, -0.15) is 0 Å². The fourth-order valence-corrected chi connectivity index (χ4v) is 2.69. The number of halogens is 1. The van der Waals surface area contributed by atoms with Crippen molar-refractivity contribution in [3.63, 3.8) is 0 Å². The van der Waals surface area contributed by atoms with Crippen LogP contribution in [0.3, 0.4) is 0 Å². The number of rotatable bonds is 3. The monoisotopic (exact) mass is 316 g/mol. The fourth-order valence-electron chi connectivity index (χ4n) is 2.69. The lowest BCUT2D eigenvalue weighted by Crippen LogP contribution is -2.44. The van der Waals surface area contributed by atoms with Gasteiger partial charge in [-0.05, 0) is 41.7 Å². The van der Waals surface area contributed by atoms with Gasteiger partial charge in [0.05, 0.1) is 6.04 Å². The molecule has 4 heteroatoms. The Morgan fingerprint density at radius 3 is 2.50 bits per heavy atom. The summed E-state index contributed by atoms with van der Waals surface area (Å²) in [5.41, 5.74) is 4.68. The van der Waals surface area contributed by atoms with Crippen molar-refractivity contribution in [1.82, 2.24) is 5.32 Å². The Hall–Kier alpha value is -1.84. The average molecular weight is 317 g/mol. The lowest BCUT2D eigenvalue weighted by molar-refractivity contribution is -0.118. The highest BCUT2D eigenvalue weighted by Crippen LogP contribution is 2.17. The molecule has 0 saturated carbocycles. The molecule has 2 N–H and O–H groups in total. The molecule has 1 heterocycles. The van der Waals surface area contributed by atoms with E-state index in [0.29, 0.717) is 0 Å². The fraction of sp³-hybridized carbons (Fsp3) is 0.278. The zero-order valence-corrected chi connectivity index (χ0v) is 13.5. The summed E-state index contributed by atoms with van der Waals surface area (Å²) in [6, 6.07) is 16.2. The normalized spacial score (nSPS) is 16.3. The van der Waals surface area contributed by atoms with E-state index in [1.807, 2.05) is 24.3 Å². The Morgan fingerprint density at radius 1 is 1.14 bits per heavy atom. The number of benzene rings is 2. The van der Waals surface area contributed by atoms with E-state index in [1.165, 1.54) is 16.7 Å². The third-order valence-corrected chi connectivity index (χ3v) is 4.03. The van der Waals surface area contributed by atoms with Crippen LogP contribution in [0.5, 0.6) is 0 Å². The lowest BCUT2D eigenvalue weighted by atomic mass is 9.95. The van der Waals surface area contributed by atoms with E-state index in [-0.39, 0.29) is 24.4 Å². The third-order valence-electron chi connectivity index (χ3n) is 4.03. The lowest BCUT2D eigenvalue weighted by Gasteiger charge is -2.25. The van der Waals surface area contributed by atoms with Gasteiger partial charge in [-0.15, -0.1) is 12.4 Å². The molecule has 2 aromatic carbocycles. The van der Waals surface area contributed by atoms with E-state index < -0.39 is 0 Å². The van der Waals surface area contributed by atoms with Gasteiger partial charge in [0.1, 0.15) is 0 Å². The molecule has 3 rings (SSSR count). The Kier molecular flexibility index (Phi) is 5.58. The molecule has 0 spiro atoms. The van der Waals surface area contributed by atoms with Crippen molar-refractivity contribution >= 4 is 24.0 Å². The van der Waals surface area contributed by atoms with Crippen LogP contribution in [-0.4, -0.2) is 11.9 Å². The summed E-state index contributed by atoms with van der Waals surface area (Å²) in [6.07, 6.45) is 1.75. The van der Waals surface area contributed by atoms with Crippen LogP contribution in [0.4, 0.5) is 5.69 Å². The molecule has 0 aliphatic carbocycles. The molecule has 0 bridgehead atoms. The molecule has 1 aliphatic rings. The zero-order valence-electron chi connectivity index (χ0n) is 12.6. The third kappa shape index (κ3) is 3.67. The van der Waals surface area contributed by atoms with Crippen LogP contribution in [0, 0.1) is 0 Å². The number of aryl methyl sites for hydroxylation is 1. The first-order valence-corrected chi connectivity index (χ1v) is 7.46. The van der Waals surface area contributed by atoms with E-state index >= 15 is 0 Å². The van der Waals surface area contributed by atoms with Crippen LogP contribution in [0.2, 0.25) is 0 Å². The molecule has 0 fully saturated rings. The molecule has 0 aromatic heterocycles. The molecule has 1 aliphatic heterocycles. The standard InChI is InChI=1S/C18H20N2O.ClH/c1-2-13-7-9-16(10-8-13)20-18(21)17-11-14-5-3-4-6-15(14)12-19-17;/h3-10,17,19H,2,11-12H2,1H3,(H,20,21);1H. The van der Waals surface area contributed by atoms with Gasteiger partial charge in [0.25, 0.3) is 0 Å². The summed E-state index contributed by atoms with van der Waals surface area (Å²) in [5, 5.41) is 6.30. The number of nitrogens with one attached hydrogen (secondary N) is 2. The highest BCUT2D eigenvalue weighted by Gasteiger charge is 2.23. The Morgan fingerprint density at radius 2 is 1.82 bits per heavy atom. The van der Waals surface area contributed by atoms with Gasteiger partial charge in [-0.25, -0.2) is 0 Å². The number of anilines is 1. The second-order valence-corrected chi connectivity index (χ2v) is 5.45. The predicted octanol–water partition coefficient (Wildman–Crippen LogP) is 3.32. The van der Waals surface area contributed by atoms with Gasteiger partial charge in [0.2, 0.25) is 5.91 Å². The number of hydrogen-bond donors (Lipinski definition) is 2. The van der Waals surface area contributed by atoms with Crippen molar-refractivity contribution in [3.05, 3.63) is 65.2 Å². The molecule has 1 unspecified atom stereocenters. The Labute approximate surface area is 137 Å². The topological polar surface area (TPSA) is 41.1 Å². The van der Waals surface area contributed by atoms with E-state index in [0.717, 1.165) is 25.1 Å². The van der Waals surface area contributed by atoms with Crippen LogP contribution in [0.15, 0.2) is 48.5 Å². The second-order valence-electron chi connectivity index (χ2n) is 5.45. The molecule has 22 heavy (non-hydrogen) atoms. The molecule has 1 atom stereocenters. The first kappa shape index (κ1) is 16.5. The summed E-state index contributed by atoms with van der Waals surface area (Å²) in [7, 11) is 0. The second kappa shape index (κ2) is 7.43.